The SMILES string of the molecule is C=C/C=C\C(=C/C)C(=NCc1ccccc1)N=C(N=C)n1c2ccccc2c2ccc(-c3ccc4c(c3)c3ccccc3n4-c3cccc(/C(C=C)=C/C=C\C)c3)cc21. The summed E-state index contributed by atoms with van der Waals surface area (Å²) in [5.74, 6) is 0.994. The summed E-state index contributed by atoms with van der Waals surface area (Å²) in [7, 11) is 0. The van der Waals surface area contributed by atoms with Crippen molar-refractivity contribution in [2.24, 2.45) is 15.0 Å². The number of nitrogens with zero attached hydrogens (tertiary/aromatic N) is 5. The first kappa shape index (κ1) is 38.3. The quantitative estimate of drug-likeness (QED) is 0.0757. The van der Waals surface area contributed by atoms with Gasteiger partial charge in [0.2, 0.25) is 5.96 Å². The van der Waals surface area contributed by atoms with E-state index < -0.39 is 0 Å². The van der Waals surface area contributed by atoms with Gasteiger partial charge in [-0.2, -0.15) is 4.99 Å². The molecule has 0 saturated heterocycles. The van der Waals surface area contributed by atoms with E-state index in [0.29, 0.717) is 18.3 Å². The Morgan fingerprint density at radius 3 is 2.08 bits per heavy atom. The summed E-state index contributed by atoms with van der Waals surface area (Å²) in [6.45, 7) is 16.5. The summed E-state index contributed by atoms with van der Waals surface area (Å²) in [5.41, 5.74) is 11.7. The van der Waals surface area contributed by atoms with Crippen molar-refractivity contribution in [1.82, 2.24) is 9.13 Å². The third-order valence-corrected chi connectivity index (χ3v) is 10.6. The fourth-order valence-corrected chi connectivity index (χ4v) is 7.77. The summed E-state index contributed by atoms with van der Waals surface area (Å²) in [6.07, 6.45) is 15.7. The molecular weight excluding hydrogens is 719 g/mol. The van der Waals surface area contributed by atoms with Crippen molar-refractivity contribution >= 4 is 67.7 Å². The Labute approximate surface area is 345 Å². The minimum absolute atomic E-state index is 0.437. The maximum Gasteiger partial charge on any atom is 0.236 e. The normalized spacial score (nSPS) is 13.1. The number of allylic oxidation sites excluding steroid dienone is 8. The molecule has 5 heteroatoms. The highest BCUT2D eigenvalue weighted by Crippen LogP contribution is 2.38. The van der Waals surface area contributed by atoms with Crippen LogP contribution in [0.5, 0.6) is 0 Å². The minimum Gasteiger partial charge on any atom is -0.309 e. The molecule has 6 aromatic carbocycles. The molecule has 8 aromatic rings. The van der Waals surface area contributed by atoms with Crippen molar-refractivity contribution < 1.29 is 0 Å². The van der Waals surface area contributed by atoms with E-state index in [1.807, 2.05) is 74.6 Å². The second-order valence-electron chi connectivity index (χ2n) is 14.1. The van der Waals surface area contributed by atoms with Gasteiger partial charge in [0, 0.05) is 32.8 Å². The van der Waals surface area contributed by atoms with Crippen molar-refractivity contribution in [2.45, 2.75) is 20.4 Å². The summed E-state index contributed by atoms with van der Waals surface area (Å²) in [4.78, 5) is 14.7. The van der Waals surface area contributed by atoms with Crippen LogP contribution >= 0.6 is 0 Å². The molecular formula is C54H45N5. The standard InChI is InChI=1S/C54H45N5/c1-6-10-22-39(8-3)41-24-19-25-44(34-41)58-49-28-17-16-27-46(49)48-35-42(31-33-51(48)58)43-30-32-47-45-26-15-18-29-50(45)59(52(47)36-43)54(55-5)57-53(40(9-4)23-11-7-2)56-37-38-20-13-12-14-21-38/h6-36H,2-3,5,37H2,1,4H3/b10-6-,23-11-,39-22+,40-9+,56-53?,57-54?. The van der Waals surface area contributed by atoms with Crippen LogP contribution in [0.4, 0.5) is 0 Å². The molecule has 0 unspecified atom stereocenters. The summed E-state index contributed by atoms with van der Waals surface area (Å²) in [5, 5.41) is 4.57. The van der Waals surface area contributed by atoms with Crippen molar-refractivity contribution in [3.63, 3.8) is 0 Å². The lowest BCUT2D eigenvalue weighted by atomic mass is 10.0. The average molecular weight is 764 g/mol. The first-order valence-electron chi connectivity index (χ1n) is 19.8. The number of benzene rings is 6. The molecule has 0 saturated carbocycles. The minimum atomic E-state index is 0.437. The van der Waals surface area contributed by atoms with E-state index in [4.69, 9.17) is 9.98 Å². The van der Waals surface area contributed by atoms with Gasteiger partial charge in [-0.25, -0.2) is 4.99 Å². The Morgan fingerprint density at radius 1 is 0.644 bits per heavy atom. The lowest BCUT2D eigenvalue weighted by Crippen LogP contribution is -2.13. The van der Waals surface area contributed by atoms with E-state index in [-0.39, 0.29) is 0 Å². The third kappa shape index (κ3) is 7.50. The first-order chi connectivity index (χ1) is 29.1. The smallest absolute Gasteiger partial charge is 0.236 e. The molecule has 2 aromatic heterocycles. The highest BCUT2D eigenvalue weighted by Gasteiger charge is 2.18. The first-order valence-corrected chi connectivity index (χ1v) is 19.8. The van der Waals surface area contributed by atoms with Gasteiger partial charge in [-0.1, -0.05) is 159 Å². The van der Waals surface area contributed by atoms with Crippen LogP contribution in [0, 0.1) is 0 Å². The van der Waals surface area contributed by atoms with E-state index >= 15 is 0 Å². The van der Waals surface area contributed by atoms with Crippen LogP contribution in [0.2, 0.25) is 0 Å². The maximum atomic E-state index is 5.15. The van der Waals surface area contributed by atoms with Crippen LogP contribution in [-0.4, -0.2) is 27.6 Å². The third-order valence-electron chi connectivity index (χ3n) is 10.6. The van der Waals surface area contributed by atoms with Crippen LogP contribution in [0.25, 0.3) is 66.0 Å². The van der Waals surface area contributed by atoms with Crippen LogP contribution < -0.4 is 0 Å². The molecule has 0 fully saturated rings. The van der Waals surface area contributed by atoms with Gasteiger partial charge in [0.25, 0.3) is 0 Å². The van der Waals surface area contributed by atoms with Crippen LogP contribution in [0.15, 0.2) is 222 Å². The lowest BCUT2D eigenvalue weighted by Gasteiger charge is -2.11. The highest BCUT2D eigenvalue weighted by molar-refractivity contribution is 6.18. The zero-order valence-electron chi connectivity index (χ0n) is 33.5. The van der Waals surface area contributed by atoms with Crippen LogP contribution in [0.1, 0.15) is 25.0 Å². The molecule has 0 spiro atoms. The van der Waals surface area contributed by atoms with E-state index in [1.165, 1.54) is 10.8 Å². The van der Waals surface area contributed by atoms with Crippen LogP contribution in [-0.2, 0) is 6.54 Å². The zero-order chi connectivity index (χ0) is 40.7. The van der Waals surface area contributed by atoms with Crippen molar-refractivity contribution in [3.05, 3.63) is 218 Å². The summed E-state index contributed by atoms with van der Waals surface area (Å²) in [6, 6.07) is 49.3. The molecule has 0 atom stereocenters. The number of aliphatic imine (C=N–C) groups is 3. The molecule has 0 aliphatic rings. The largest absolute Gasteiger partial charge is 0.309 e. The van der Waals surface area contributed by atoms with E-state index in [2.05, 4.69) is 155 Å². The summed E-state index contributed by atoms with van der Waals surface area (Å²) >= 11 is 0. The lowest BCUT2D eigenvalue weighted by molar-refractivity contribution is 1.06. The van der Waals surface area contributed by atoms with E-state index in [9.17, 15) is 0 Å². The molecule has 0 N–H and O–H groups in total. The number of hydrogen-bond donors (Lipinski definition) is 0. The monoisotopic (exact) mass is 763 g/mol. The number of para-hydroxylation sites is 2. The van der Waals surface area contributed by atoms with Gasteiger partial charge < -0.3 is 4.57 Å². The predicted molar refractivity (Wildman–Crippen MR) is 255 cm³/mol. The molecule has 0 bridgehead atoms. The highest BCUT2D eigenvalue weighted by atomic mass is 15.2. The number of rotatable bonds is 10. The Bertz CT molecular complexity index is 3080. The van der Waals surface area contributed by atoms with Gasteiger partial charge in [0.1, 0.15) is 0 Å². The van der Waals surface area contributed by atoms with Crippen molar-refractivity contribution in [2.75, 3.05) is 0 Å². The van der Waals surface area contributed by atoms with Gasteiger partial charge in [-0.15, -0.1) is 0 Å². The molecule has 0 aliphatic heterocycles. The van der Waals surface area contributed by atoms with Gasteiger partial charge >= 0.3 is 0 Å². The molecule has 286 valence electrons. The fourth-order valence-electron chi connectivity index (χ4n) is 7.77. The Kier molecular flexibility index (Phi) is 11.2. The molecule has 5 nitrogen and oxygen atoms in total. The van der Waals surface area contributed by atoms with Crippen molar-refractivity contribution in [3.8, 4) is 16.8 Å². The number of amidine groups is 1. The van der Waals surface area contributed by atoms with Gasteiger partial charge in [0.05, 0.1) is 28.6 Å². The van der Waals surface area contributed by atoms with E-state index in [1.54, 1.807) is 6.08 Å². The Hall–Kier alpha value is -7.63. The molecule has 2 heterocycles. The van der Waals surface area contributed by atoms with Gasteiger partial charge in [-0.05, 0) is 90.9 Å². The topological polar surface area (TPSA) is 46.9 Å². The van der Waals surface area contributed by atoms with Crippen molar-refractivity contribution in [1.29, 1.82) is 0 Å². The summed E-state index contributed by atoms with van der Waals surface area (Å²) < 4.78 is 4.46. The zero-order valence-corrected chi connectivity index (χ0v) is 33.5. The fraction of sp³-hybridized carbons (Fsp3) is 0.0556. The second kappa shape index (κ2) is 17.2. The predicted octanol–water partition coefficient (Wildman–Crippen LogP) is 13.9. The maximum absolute atomic E-state index is 5.15. The number of fused-ring (bicyclic) bond motifs is 6. The molecule has 59 heavy (non-hydrogen) atoms. The van der Waals surface area contributed by atoms with E-state index in [0.717, 1.165) is 71.9 Å². The van der Waals surface area contributed by atoms with Gasteiger partial charge in [0.15, 0.2) is 5.84 Å². The average Bonchev–Trinajstić information content (AvgIpc) is 3.80. The Balaban J connectivity index is 1.28. The molecule has 0 amide bonds. The second-order valence-corrected chi connectivity index (χ2v) is 14.1. The Morgan fingerprint density at radius 2 is 1.34 bits per heavy atom. The number of hydrogen-bond acceptors (Lipinski definition) is 1. The molecule has 0 aliphatic carbocycles. The molecule has 8 rings (SSSR count). The van der Waals surface area contributed by atoms with Gasteiger partial charge in [-0.3, -0.25) is 9.56 Å². The van der Waals surface area contributed by atoms with Crippen LogP contribution in [0.3, 0.4) is 0 Å². The molecule has 0 radical (unpaired) electrons. The number of aromatic nitrogens is 2.